The first-order chi connectivity index (χ1) is 8.73. The maximum atomic E-state index is 12.4. The molecule has 0 aromatic carbocycles. The predicted octanol–water partition coefficient (Wildman–Crippen LogP) is 0.780. The minimum absolute atomic E-state index is 0.0253. The van der Waals surface area contributed by atoms with Gasteiger partial charge in [-0.1, -0.05) is 12.2 Å². The third kappa shape index (κ3) is 4.95. The molecule has 0 unspecified atom stereocenters. The van der Waals surface area contributed by atoms with Gasteiger partial charge in [-0.2, -0.15) is 13.2 Å². The number of aliphatic hydroxyl groups is 1. The van der Waals surface area contributed by atoms with Crippen LogP contribution in [-0.4, -0.2) is 45.9 Å². The Balaban J connectivity index is 3.11. The Morgan fingerprint density at radius 1 is 1.47 bits per heavy atom. The highest BCUT2D eigenvalue weighted by Gasteiger charge is 2.32. The normalized spacial score (nSPS) is 11.4. The molecule has 106 valence electrons. The molecule has 0 fully saturated rings. The van der Waals surface area contributed by atoms with Gasteiger partial charge in [0.15, 0.2) is 0 Å². The van der Waals surface area contributed by atoms with Crippen molar-refractivity contribution in [1.29, 1.82) is 0 Å². The van der Waals surface area contributed by atoms with Gasteiger partial charge in [0.05, 0.1) is 6.61 Å². The van der Waals surface area contributed by atoms with E-state index < -0.39 is 19.3 Å². The van der Waals surface area contributed by atoms with E-state index in [9.17, 15) is 13.2 Å². The van der Waals surface area contributed by atoms with E-state index in [0.717, 1.165) is 4.90 Å². The molecule has 0 aliphatic rings. The molecule has 5 nitrogen and oxygen atoms in total. The summed E-state index contributed by atoms with van der Waals surface area (Å²) in [6.45, 7) is -0.346. The van der Waals surface area contributed by atoms with Gasteiger partial charge in [0.25, 0.3) is 0 Å². The van der Waals surface area contributed by atoms with E-state index in [1.54, 1.807) is 6.92 Å². The smallest absolute Gasteiger partial charge is 0.395 e. The summed E-state index contributed by atoms with van der Waals surface area (Å²) in [7, 11) is 0. The number of halogens is 3. The molecule has 0 saturated heterocycles. The highest BCUT2D eigenvalue weighted by molar-refractivity contribution is 7.80. The predicted molar refractivity (Wildman–Crippen MR) is 68.0 cm³/mol. The molecule has 1 aromatic rings. The van der Waals surface area contributed by atoms with E-state index in [1.807, 2.05) is 0 Å². The van der Waals surface area contributed by atoms with Crippen LogP contribution >= 0.6 is 12.2 Å². The van der Waals surface area contributed by atoms with Crippen molar-refractivity contribution >= 4 is 23.2 Å². The maximum Gasteiger partial charge on any atom is 0.406 e. The fourth-order valence-electron chi connectivity index (χ4n) is 1.41. The molecule has 0 saturated carbocycles. The summed E-state index contributed by atoms with van der Waals surface area (Å²) in [5, 5.41) is 8.83. The van der Waals surface area contributed by atoms with Crippen LogP contribution < -0.4 is 10.6 Å². The fourth-order valence-corrected chi connectivity index (χ4v) is 1.51. The number of anilines is 1. The molecule has 0 atom stereocenters. The van der Waals surface area contributed by atoms with Crippen molar-refractivity contribution in [2.45, 2.75) is 13.1 Å². The van der Waals surface area contributed by atoms with Gasteiger partial charge in [0, 0.05) is 12.2 Å². The molecule has 0 spiro atoms. The molecule has 0 aliphatic carbocycles. The van der Waals surface area contributed by atoms with Crippen LogP contribution in [-0.2, 0) is 0 Å². The Labute approximate surface area is 113 Å². The van der Waals surface area contributed by atoms with Crippen molar-refractivity contribution in [2.75, 3.05) is 24.6 Å². The van der Waals surface area contributed by atoms with Gasteiger partial charge >= 0.3 is 6.18 Å². The molecule has 0 radical (unpaired) electrons. The number of nitrogens with two attached hydrogens (primary N) is 1. The minimum Gasteiger partial charge on any atom is -0.395 e. The summed E-state index contributed by atoms with van der Waals surface area (Å²) in [5.74, 6) is -0.158. The molecule has 19 heavy (non-hydrogen) atoms. The Morgan fingerprint density at radius 2 is 2.11 bits per heavy atom. The number of hydrogen-bond acceptors (Lipinski definition) is 5. The molecule has 1 heterocycles. The number of aromatic nitrogens is 2. The second kappa shape index (κ2) is 6.11. The van der Waals surface area contributed by atoms with E-state index in [4.69, 9.17) is 23.1 Å². The van der Waals surface area contributed by atoms with Gasteiger partial charge < -0.3 is 15.7 Å². The van der Waals surface area contributed by atoms with Crippen molar-refractivity contribution < 1.29 is 18.3 Å². The summed E-state index contributed by atoms with van der Waals surface area (Å²) in [4.78, 5) is 8.58. The quantitative estimate of drug-likeness (QED) is 0.782. The molecular weight excluding hydrogens is 281 g/mol. The largest absolute Gasteiger partial charge is 0.406 e. The minimum atomic E-state index is -4.42. The van der Waals surface area contributed by atoms with Crippen LogP contribution in [0, 0.1) is 6.92 Å². The summed E-state index contributed by atoms with van der Waals surface area (Å²) in [6, 6.07) is 1.48. The van der Waals surface area contributed by atoms with E-state index in [2.05, 4.69) is 9.97 Å². The lowest BCUT2D eigenvalue weighted by molar-refractivity contribution is -0.120. The zero-order valence-corrected chi connectivity index (χ0v) is 10.9. The molecule has 1 rings (SSSR count). The van der Waals surface area contributed by atoms with E-state index in [-0.39, 0.29) is 23.2 Å². The van der Waals surface area contributed by atoms with Crippen LogP contribution in [0.25, 0.3) is 0 Å². The van der Waals surface area contributed by atoms with E-state index >= 15 is 0 Å². The summed E-state index contributed by atoms with van der Waals surface area (Å²) < 4.78 is 37.3. The average molecular weight is 294 g/mol. The number of rotatable bonds is 5. The van der Waals surface area contributed by atoms with Crippen molar-refractivity contribution in [1.82, 2.24) is 9.97 Å². The number of alkyl halides is 3. The highest BCUT2D eigenvalue weighted by Crippen LogP contribution is 2.20. The van der Waals surface area contributed by atoms with Crippen molar-refractivity contribution in [3.63, 3.8) is 0 Å². The van der Waals surface area contributed by atoms with E-state index in [1.165, 1.54) is 6.07 Å². The second-order valence-corrected chi connectivity index (χ2v) is 4.26. The van der Waals surface area contributed by atoms with Crippen molar-refractivity contribution in [3.05, 3.63) is 17.5 Å². The average Bonchev–Trinajstić information content (AvgIpc) is 2.25. The second-order valence-electron chi connectivity index (χ2n) is 3.82. The van der Waals surface area contributed by atoms with Gasteiger partial charge in [-0.3, -0.25) is 0 Å². The highest BCUT2D eigenvalue weighted by atomic mass is 32.1. The van der Waals surface area contributed by atoms with Crippen molar-refractivity contribution in [3.8, 4) is 0 Å². The Bertz CT molecular complexity index is 467. The van der Waals surface area contributed by atoms with Crippen LogP contribution in [0.2, 0.25) is 0 Å². The lowest BCUT2D eigenvalue weighted by Gasteiger charge is -2.23. The Kier molecular flexibility index (Phi) is 5.01. The van der Waals surface area contributed by atoms with Crippen LogP contribution in [0.5, 0.6) is 0 Å². The first kappa shape index (κ1) is 15.6. The summed E-state index contributed by atoms with van der Waals surface area (Å²) >= 11 is 4.74. The molecule has 0 amide bonds. The number of aliphatic hydroxyl groups excluding tert-OH is 1. The maximum absolute atomic E-state index is 12.4. The lowest BCUT2D eigenvalue weighted by atomic mass is 10.3. The molecule has 3 N–H and O–H groups in total. The standard InChI is InChI=1S/C10H13F3N4OS/c1-6-4-7(8(14)19)16-9(15-6)17(2-3-18)5-10(11,12)13/h4,18H,2-3,5H2,1H3,(H2,14,19). The van der Waals surface area contributed by atoms with Crippen LogP contribution in [0.15, 0.2) is 6.07 Å². The Hall–Kier alpha value is -1.48. The third-order valence-electron chi connectivity index (χ3n) is 2.12. The van der Waals surface area contributed by atoms with Crippen molar-refractivity contribution in [2.24, 2.45) is 5.73 Å². The summed E-state index contributed by atoms with van der Waals surface area (Å²) in [6.07, 6.45) is -4.42. The van der Waals surface area contributed by atoms with Gasteiger partial charge in [-0.25, -0.2) is 9.97 Å². The van der Waals surface area contributed by atoms with Gasteiger partial charge in [-0.15, -0.1) is 0 Å². The molecular formula is C10H13F3N4OS. The number of hydrogen-bond donors (Lipinski definition) is 2. The molecule has 1 aromatic heterocycles. The summed E-state index contributed by atoms with van der Waals surface area (Å²) in [5.41, 5.74) is 6.04. The third-order valence-corrected chi connectivity index (χ3v) is 2.33. The number of aryl methyl sites for hydroxylation is 1. The zero-order valence-electron chi connectivity index (χ0n) is 10.1. The molecule has 9 heteroatoms. The monoisotopic (exact) mass is 294 g/mol. The Morgan fingerprint density at radius 3 is 2.58 bits per heavy atom. The van der Waals surface area contributed by atoms with E-state index in [0.29, 0.717) is 5.69 Å². The number of nitrogens with zero attached hydrogens (tertiary/aromatic N) is 3. The first-order valence-electron chi connectivity index (χ1n) is 5.31. The molecule has 0 aliphatic heterocycles. The topological polar surface area (TPSA) is 75.3 Å². The van der Waals surface area contributed by atoms with Gasteiger partial charge in [0.2, 0.25) is 5.95 Å². The van der Waals surface area contributed by atoms with Gasteiger partial charge in [-0.05, 0) is 13.0 Å². The zero-order chi connectivity index (χ0) is 14.6. The van der Waals surface area contributed by atoms with Crippen LogP contribution in [0.1, 0.15) is 11.4 Å². The van der Waals surface area contributed by atoms with Gasteiger partial charge in [0.1, 0.15) is 17.2 Å². The van der Waals surface area contributed by atoms with Crippen LogP contribution in [0.4, 0.5) is 19.1 Å². The number of thiocarbonyl (C=S) groups is 1. The SMILES string of the molecule is Cc1cc(C(N)=S)nc(N(CCO)CC(F)(F)F)n1. The van der Waals surface area contributed by atoms with Crippen LogP contribution in [0.3, 0.4) is 0 Å². The fraction of sp³-hybridized carbons (Fsp3) is 0.500. The lowest BCUT2D eigenvalue weighted by Crippen LogP contribution is -2.37. The first-order valence-corrected chi connectivity index (χ1v) is 5.72. The molecule has 0 bridgehead atoms.